The van der Waals surface area contributed by atoms with Gasteiger partial charge in [0, 0.05) is 23.7 Å². The Morgan fingerprint density at radius 1 is 1.29 bits per heavy atom. The van der Waals surface area contributed by atoms with E-state index in [-0.39, 0.29) is 35.9 Å². The van der Waals surface area contributed by atoms with Crippen LogP contribution in [-0.2, 0) is 28.0 Å². The minimum Gasteiger partial charge on any atom is -0.484 e. The summed E-state index contributed by atoms with van der Waals surface area (Å²) in [4.78, 5) is 7.04. The first kappa shape index (κ1) is 21.7. The number of aliphatic hydroxyl groups excluding tert-OH is 1. The summed E-state index contributed by atoms with van der Waals surface area (Å²) < 4.78 is 20.0. The van der Waals surface area contributed by atoms with Gasteiger partial charge in [-0.2, -0.15) is 0 Å². The monoisotopic (exact) mass is 477 g/mol. The van der Waals surface area contributed by atoms with Crippen LogP contribution < -0.4 is 4.74 Å². The number of nitrogens with zero attached hydrogens (tertiary/aromatic N) is 5. The van der Waals surface area contributed by atoms with Gasteiger partial charge in [0.05, 0.1) is 55.8 Å². The van der Waals surface area contributed by atoms with Crippen LogP contribution in [0.2, 0.25) is 0 Å². The number of hydrogen-bond donors (Lipinski definition) is 1. The molecule has 6 heterocycles. The fourth-order valence-electron chi connectivity index (χ4n) is 6.84. The molecule has 3 aromatic rings. The van der Waals surface area contributed by atoms with Crippen LogP contribution in [0.25, 0.3) is 10.9 Å². The fourth-order valence-corrected chi connectivity index (χ4v) is 6.84. The van der Waals surface area contributed by atoms with Crippen molar-refractivity contribution in [1.82, 2.24) is 24.9 Å². The van der Waals surface area contributed by atoms with Crippen LogP contribution in [0.3, 0.4) is 0 Å². The molecule has 3 atom stereocenters. The maximum Gasteiger partial charge on any atom is 0.141 e. The van der Waals surface area contributed by atoms with Crippen LogP contribution in [0.4, 0.5) is 0 Å². The molecule has 0 amide bonds. The molecular weight excluding hydrogens is 446 g/mol. The lowest BCUT2D eigenvalue weighted by atomic mass is 9.67. The summed E-state index contributed by atoms with van der Waals surface area (Å²) in [5.74, 6) is 0.803. The van der Waals surface area contributed by atoms with E-state index in [2.05, 4.69) is 33.2 Å². The molecule has 1 N–H and O–H groups in total. The summed E-state index contributed by atoms with van der Waals surface area (Å²) in [7, 11) is 0. The van der Waals surface area contributed by atoms with E-state index in [0.717, 1.165) is 66.9 Å². The third-order valence-corrected chi connectivity index (χ3v) is 8.65. The van der Waals surface area contributed by atoms with Crippen molar-refractivity contribution in [2.24, 2.45) is 0 Å². The maximum atomic E-state index is 9.96. The van der Waals surface area contributed by atoms with Crippen molar-refractivity contribution in [1.29, 1.82) is 0 Å². The first-order valence-corrected chi connectivity index (χ1v) is 12.6. The van der Waals surface area contributed by atoms with E-state index in [1.807, 2.05) is 36.1 Å². The number of morpholine rings is 1. The quantitative estimate of drug-likeness (QED) is 0.599. The number of hydrogen-bond acceptors (Lipinski definition) is 8. The second kappa shape index (κ2) is 7.70. The number of ether oxygens (including phenoxy) is 3. The average Bonchev–Trinajstić information content (AvgIpc) is 3.55. The Balaban J connectivity index is 1.11. The third-order valence-electron chi connectivity index (χ3n) is 8.65. The van der Waals surface area contributed by atoms with Crippen LogP contribution in [-0.4, -0.2) is 74.0 Å². The predicted molar refractivity (Wildman–Crippen MR) is 127 cm³/mol. The normalized spacial score (nSPS) is 32.7. The Morgan fingerprint density at radius 2 is 2.17 bits per heavy atom. The molecule has 1 saturated carbocycles. The Bertz CT molecular complexity index is 1290. The Hall–Kier alpha value is -2.59. The largest absolute Gasteiger partial charge is 0.484 e. The van der Waals surface area contributed by atoms with Crippen molar-refractivity contribution in [2.75, 3.05) is 26.4 Å². The number of aromatic nitrogens is 4. The third kappa shape index (κ3) is 3.18. The van der Waals surface area contributed by atoms with Gasteiger partial charge in [0.15, 0.2) is 0 Å². The Kier molecular flexibility index (Phi) is 4.77. The number of rotatable bonds is 5. The van der Waals surface area contributed by atoms with Crippen LogP contribution in [0.5, 0.6) is 5.75 Å². The zero-order valence-corrected chi connectivity index (χ0v) is 20.2. The van der Waals surface area contributed by atoms with Gasteiger partial charge in [-0.05, 0) is 62.4 Å². The number of pyridine rings is 1. The molecule has 0 radical (unpaired) electrons. The van der Waals surface area contributed by atoms with E-state index in [9.17, 15) is 5.11 Å². The number of aliphatic hydroxyl groups is 1. The van der Waals surface area contributed by atoms with Crippen molar-refractivity contribution in [3.05, 3.63) is 47.4 Å². The highest BCUT2D eigenvalue weighted by molar-refractivity contribution is 5.84. The van der Waals surface area contributed by atoms with Gasteiger partial charge in [-0.3, -0.25) is 9.88 Å². The zero-order chi connectivity index (χ0) is 23.8. The van der Waals surface area contributed by atoms with Gasteiger partial charge < -0.3 is 19.3 Å². The molecule has 8 rings (SSSR count). The van der Waals surface area contributed by atoms with E-state index in [0.29, 0.717) is 6.61 Å². The molecule has 9 heteroatoms. The summed E-state index contributed by atoms with van der Waals surface area (Å²) in [6.07, 6.45) is 6.62. The molecule has 2 aromatic heterocycles. The summed E-state index contributed by atoms with van der Waals surface area (Å²) in [6.45, 7) is 7.13. The molecule has 1 aliphatic carbocycles. The van der Waals surface area contributed by atoms with E-state index in [4.69, 9.17) is 14.2 Å². The van der Waals surface area contributed by atoms with Crippen molar-refractivity contribution >= 4 is 10.9 Å². The lowest BCUT2D eigenvalue weighted by molar-refractivity contribution is -0.146. The molecule has 1 spiro atoms. The number of benzene rings is 1. The van der Waals surface area contributed by atoms with Gasteiger partial charge in [-0.15, -0.1) is 5.10 Å². The lowest BCUT2D eigenvalue weighted by Gasteiger charge is -2.52. The van der Waals surface area contributed by atoms with Gasteiger partial charge in [-0.25, -0.2) is 4.68 Å². The SMILES string of the molecule is CC1OCC23CC(n4cc([C@@H](C)Oc5ccc6ncc7c(c6c5)CCOC7)nn4)(CN2C1CO)C3. The second-order valence-electron chi connectivity index (χ2n) is 10.8. The predicted octanol–water partition coefficient (Wildman–Crippen LogP) is 2.36. The smallest absolute Gasteiger partial charge is 0.141 e. The van der Waals surface area contributed by atoms with E-state index in [1.54, 1.807) is 0 Å². The minimum atomic E-state index is -0.236. The van der Waals surface area contributed by atoms with Gasteiger partial charge >= 0.3 is 0 Å². The molecule has 4 fully saturated rings. The number of fused-ring (bicyclic) bond motifs is 3. The van der Waals surface area contributed by atoms with Gasteiger partial charge in [0.25, 0.3) is 0 Å². The summed E-state index contributed by atoms with van der Waals surface area (Å²) in [5.41, 5.74) is 4.20. The molecular formula is C26H31N5O4. The Morgan fingerprint density at radius 3 is 3.03 bits per heavy atom. The topological polar surface area (TPSA) is 94.8 Å². The molecule has 184 valence electrons. The van der Waals surface area contributed by atoms with E-state index in [1.165, 1.54) is 5.56 Å². The highest BCUT2D eigenvalue weighted by Gasteiger charge is 2.70. The van der Waals surface area contributed by atoms with E-state index < -0.39 is 0 Å². The van der Waals surface area contributed by atoms with Crippen LogP contribution in [0.1, 0.15) is 49.6 Å². The van der Waals surface area contributed by atoms with Crippen LogP contribution in [0, 0.1) is 0 Å². The fraction of sp³-hybridized carbons (Fsp3) is 0.577. The van der Waals surface area contributed by atoms with Crippen molar-refractivity contribution in [3.8, 4) is 5.75 Å². The van der Waals surface area contributed by atoms with Gasteiger partial charge in [0.2, 0.25) is 0 Å². The first-order valence-electron chi connectivity index (χ1n) is 12.6. The van der Waals surface area contributed by atoms with Crippen molar-refractivity contribution in [3.63, 3.8) is 0 Å². The first-order chi connectivity index (χ1) is 17.0. The molecule has 4 aliphatic heterocycles. The maximum absolute atomic E-state index is 9.96. The average molecular weight is 478 g/mol. The highest BCUT2D eigenvalue weighted by Crippen LogP contribution is 2.60. The summed E-state index contributed by atoms with van der Waals surface area (Å²) in [6, 6.07) is 6.12. The summed E-state index contributed by atoms with van der Waals surface area (Å²) in [5, 5.41) is 20.1. The van der Waals surface area contributed by atoms with Gasteiger partial charge in [0.1, 0.15) is 17.5 Å². The highest BCUT2D eigenvalue weighted by atomic mass is 16.5. The minimum absolute atomic E-state index is 0.0252. The molecule has 2 bridgehead atoms. The molecule has 2 unspecified atom stereocenters. The van der Waals surface area contributed by atoms with Crippen molar-refractivity contribution < 1.29 is 19.3 Å². The standard InChI is InChI=1S/C26H31N5O4/c1-16(35-19-3-4-22-21(7-19)20-5-6-33-11-18(20)8-27-22)23-9-31(29-28-23)25-12-26(13-25)15-34-17(2)24(10-32)30(26)14-25/h3-4,7-9,16-17,24,32H,5-6,10-15H2,1-2H3/t16-,17?,24?,25?,26?/m1/s1. The molecule has 9 nitrogen and oxygen atoms in total. The van der Waals surface area contributed by atoms with E-state index >= 15 is 0 Å². The van der Waals surface area contributed by atoms with Crippen LogP contribution >= 0.6 is 0 Å². The molecule has 35 heavy (non-hydrogen) atoms. The van der Waals surface area contributed by atoms with Gasteiger partial charge in [-0.1, -0.05) is 5.21 Å². The summed E-state index contributed by atoms with van der Waals surface area (Å²) >= 11 is 0. The zero-order valence-electron chi connectivity index (χ0n) is 20.2. The molecule has 5 aliphatic rings. The lowest BCUT2D eigenvalue weighted by Crippen LogP contribution is -2.64. The van der Waals surface area contributed by atoms with Crippen molar-refractivity contribution in [2.45, 2.75) is 69.0 Å². The second-order valence-corrected chi connectivity index (χ2v) is 10.8. The molecule has 1 aromatic carbocycles. The molecule has 3 saturated heterocycles. The Labute approximate surface area is 204 Å². The van der Waals surface area contributed by atoms with Crippen LogP contribution in [0.15, 0.2) is 30.6 Å².